The van der Waals surface area contributed by atoms with Crippen LogP contribution in [0.3, 0.4) is 0 Å². The first-order valence-electron chi connectivity index (χ1n) is 6.50. The molecule has 0 aliphatic carbocycles. The molecule has 2 nitrogen and oxygen atoms in total. The fourth-order valence-electron chi connectivity index (χ4n) is 2.33. The summed E-state index contributed by atoms with van der Waals surface area (Å²) in [6.45, 7) is 4.65. The number of aryl methyl sites for hydroxylation is 1. The van der Waals surface area contributed by atoms with E-state index in [0.717, 1.165) is 11.3 Å². The third-order valence-corrected chi connectivity index (χ3v) is 5.07. The van der Waals surface area contributed by atoms with Crippen LogP contribution in [-0.2, 0) is 6.54 Å². The van der Waals surface area contributed by atoms with E-state index in [2.05, 4.69) is 44.5 Å². The van der Waals surface area contributed by atoms with Crippen LogP contribution in [0.5, 0.6) is 0 Å². The van der Waals surface area contributed by atoms with Gasteiger partial charge in [-0.3, -0.25) is 0 Å². The van der Waals surface area contributed by atoms with Gasteiger partial charge in [-0.15, -0.1) is 22.9 Å². The van der Waals surface area contributed by atoms with Crippen LogP contribution >= 0.6 is 38.9 Å². The molecule has 1 aromatic carbocycles. The molecule has 0 spiro atoms. The first-order chi connectivity index (χ1) is 9.95. The summed E-state index contributed by atoms with van der Waals surface area (Å²) < 4.78 is 16.2. The quantitative estimate of drug-likeness (QED) is 0.530. The van der Waals surface area contributed by atoms with Gasteiger partial charge in [-0.1, -0.05) is 0 Å². The lowest BCUT2D eigenvalue weighted by Gasteiger charge is -2.09. The first-order valence-corrected chi connectivity index (χ1v) is 8.55. The Hall–Kier alpha value is -0.910. The smallest absolute Gasteiger partial charge is 0.139 e. The van der Waals surface area contributed by atoms with Crippen molar-refractivity contribution in [2.75, 3.05) is 0 Å². The van der Waals surface area contributed by atoms with Gasteiger partial charge < -0.3 is 4.57 Å². The standard InChI is InChI=1S/C15H13BrClFN2S/c1-8-3-4-10(21-8)7-20-14-5-11(16)12(18)6-13(14)19-15(20)9(2)17/h3-6,9H,7H2,1-2H3. The normalized spacial score (nSPS) is 13.0. The number of alkyl halides is 1. The second-order valence-electron chi connectivity index (χ2n) is 4.94. The Balaban J connectivity index is 2.17. The van der Waals surface area contributed by atoms with Crippen LogP contribution in [0.15, 0.2) is 28.7 Å². The van der Waals surface area contributed by atoms with Crippen LogP contribution in [0.25, 0.3) is 11.0 Å². The maximum atomic E-state index is 13.7. The number of imidazole rings is 1. The highest BCUT2D eigenvalue weighted by Crippen LogP contribution is 2.30. The molecule has 3 aromatic rings. The van der Waals surface area contributed by atoms with E-state index in [1.54, 1.807) is 17.4 Å². The summed E-state index contributed by atoms with van der Waals surface area (Å²) in [6.07, 6.45) is 0. The zero-order valence-electron chi connectivity index (χ0n) is 11.5. The molecule has 0 amide bonds. The van der Waals surface area contributed by atoms with E-state index >= 15 is 0 Å². The van der Waals surface area contributed by atoms with Gasteiger partial charge in [0.2, 0.25) is 0 Å². The lowest BCUT2D eigenvalue weighted by molar-refractivity contribution is 0.622. The van der Waals surface area contributed by atoms with Crippen molar-refractivity contribution in [1.82, 2.24) is 9.55 Å². The molecule has 1 atom stereocenters. The molecule has 21 heavy (non-hydrogen) atoms. The number of halogens is 3. The zero-order valence-corrected chi connectivity index (χ0v) is 14.7. The van der Waals surface area contributed by atoms with Crippen LogP contribution < -0.4 is 0 Å². The van der Waals surface area contributed by atoms with Crippen molar-refractivity contribution < 1.29 is 4.39 Å². The molecule has 0 aliphatic rings. The van der Waals surface area contributed by atoms with Gasteiger partial charge in [0.25, 0.3) is 0 Å². The summed E-state index contributed by atoms with van der Waals surface area (Å²) in [5.74, 6) is 0.447. The Bertz CT molecular complexity index is 809. The largest absolute Gasteiger partial charge is 0.321 e. The molecule has 2 heterocycles. The number of hydrogen-bond donors (Lipinski definition) is 0. The molecule has 0 saturated carbocycles. The number of fused-ring (bicyclic) bond motifs is 1. The number of hydrogen-bond acceptors (Lipinski definition) is 2. The first kappa shape index (κ1) is 15.0. The molecule has 0 fully saturated rings. The minimum absolute atomic E-state index is 0.236. The van der Waals surface area contributed by atoms with Crippen molar-refractivity contribution in [3.8, 4) is 0 Å². The zero-order chi connectivity index (χ0) is 15.1. The lowest BCUT2D eigenvalue weighted by Crippen LogP contribution is -2.04. The fourth-order valence-corrected chi connectivity index (χ4v) is 3.71. The van der Waals surface area contributed by atoms with Crippen molar-refractivity contribution >= 4 is 49.9 Å². The van der Waals surface area contributed by atoms with E-state index in [0.29, 0.717) is 16.5 Å². The minimum atomic E-state index is -0.312. The third kappa shape index (κ3) is 2.87. The van der Waals surface area contributed by atoms with Gasteiger partial charge in [0.15, 0.2) is 0 Å². The van der Waals surface area contributed by atoms with Gasteiger partial charge in [-0.05, 0) is 48.0 Å². The predicted octanol–water partition coefficient (Wildman–Crippen LogP) is 5.66. The molecule has 0 N–H and O–H groups in total. The molecular formula is C15H13BrClFN2S. The molecule has 3 rings (SSSR count). The van der Waals surface area contributed by atoms with E-state index in [1.165, 1.54) is 15.8 Å². The van der Waals surface area contributed by atoms with Crippen LogP contribution in [0.4, 0.5) is 4.39 Å². The van der Waals surface area contributed by atoms with E-state index in [4.69, 9.17) is 11.6 Å². The van der Waals surface area contributed by atoms with Crippen molar-refractivity contribution in [3.63, 3.8) is 0 Å². The molecule has 0 bridgehead atoms. The molecule has 0 radical (unpaired) electrons. The van der Waals surface area contributed by atoms with Crippen LogP contribution in [0, 0.1) is 12.7 Å². The van der Waals surface area contributed by atoms with Gasteiger partial charge in [-0.2, -0.15) is 0 Å². The maximum absolute atomic E-state index is 13.7. The van der Waals surface area contributed by atoms with Gasteiger partial charge >= 0.3 is 0 Å². The van der Waals surface area contributed by atoms with Crippen LogP contribution in [-0.4, -0.2) is 9.55 Å². The van der Waals surface area contributed by atoms with Gasteiger partial charge in [0.1, 0.15) is 11.6 Å². The Morgan fingerprint density at radius 3 is 2.81 bits per heavy atom. The highest BCUT2D eigenvalue weighted by molar-refractivity contribution is 9.10. The lowest BCUT2D eigenvalue weighted by atomic mass is 10.3. The van der Waals surface area contributed by atoms with E-state index in [-0.39, 0.29) is 11.2 Å². The second-order valence-corrected chi connectivity index (χ2v) is 7.82. The van der Waals surface area contributed by atoms with Crippen molar-refractivity contribution in [3.05, 3.63) is 50.1 Å². The average molecular weight is 388 g/mol. The molecule has 1 unspecified atom stereocenters. The number of nitrogens with zero attached hydrogens (tertiary/aromatic N) is 2. The van der Waals surface area contributed by atoms with Crippen molar-refractivity contribution in [2.24, 2.45) is 0 Å². The fraction of sp³-hybridized carbons (Fsp3) is 0.267. The Morgan fingerprint density at radius 2 is 2.19 bits per heavy atom. The molecule has 6 heteroatoms. The van der Waals surface area contributed by atoms with Gasteiger partial charge in [-0.25, -0.2) is 9.37 Å². The highest BCUT2D eigenvalue weighted by atomic mass is 79.9. The summed E-state index contributed by atoms with van der Waals surface area (Å²) >= 11 is 11.2. The summed E-state index contributed by atoms with van der Waals surface area (Å²) in [6, 6.07) is 7.41. The van der Waals surface area contributed by atoms with Gasteiger partial charge in [0, 0.05) is 15.8 Å². The van der Waals surface area contributed by atoms with Crippen molar-refractivity contribution in [1.29, 1.82) is 0 Å². The summed E-state index contributed by atoms with van der Waals surface area (Å²) in [7, 11) is 0. The Morgan fingerprint density at radius 1 is 1.43 bits per heavy atom. The summed E-state index contributed by atoms with van der Waals surface area (Å²) in [5.41, 5.74) is 1.52. The Labute approximate surface area is 139 Å². The Kier molecular flexibility index (Phi) is 4.08. The van der Waals surface area contributed by atoms with E-state index < -0.39 is 0 Å². The van der Waals surface area contributed by atoms with Crippen molar-refractivity contribution in [2.45, 2.75) is 25.8 Å². The van der Waals surface area contributed by atoms with Gasteiger partial charge in [0.05, 0.1) is 27.4 Å². The third-order valence-electron chi connectivity index (χ3n) is 3.29. The molecule has 0 aliphatic heterocycles. The number of benzene rings is 1. The minimum Gasteiger partial charge on any atom is -0.321 e. The SMILES string of the molecule is Cc1ccc(Cn2c(C(C)Cl)nc3cc(F)c(Br)cc32)s1. The van der Waals surface area contributed by atoms with E-state index in [9.17, 15) is 4.39 Å². The molecular weight excluding hydrogens is 375 g/mol. The average Bonchev–Trinajstić information content (AvgIpc) is 2.96. The summed E-state index contributed by atoms with van der Waals surface area (Å²) in [5, 5.41) is -0.236. The number of aromatic nitrogens is 2. The second kappa shape index (κ2) is 5.71. The predicted molar refractivity (Wildman–Crippen MR) is 89.8 cm³/mol. The molecule has 0 saturated heterocycles. The number of rotatable bonds is 3. The maximum Gasteiger partial charge on any atom is 0.139 e. The van der Waals surface area contributed by atoms with Crippen LogP contribution in [0.1, 0.15) is 27.9 Å². The molecule has 110 valence electrons. The summed E-state index contributed by atoms with van der Waals surface area (Å²) in [4.78, 5) is 6.99. The molecule has 2 aromatic heterocycles. The highest BCUT2D eigenvalue weighted by Gasteiger charge is 2.17. The topological polar surface area (TPSA) is 17.8 Å². The van der Waals surface area contributed by atoms with Crippen LogP contribution in [0.2, 0.25) is 0 Å². The monoisotopic (exact) mass is 386 g/mol. The van der Waals surface area contributed by atoms with E-state index in [1.807, 2.05) is 6.92 Å². The number of thiophene rings is 1.